The molecule has 0 aliphatic heterocycles. The second-order valence-corrected chi connectivity index (χ2v) is 6.32. The van der Waals surface area contributed by atoms with Crippen molar-refractivity contribution in [1.82, 2.24) is 5.32 Å². The summed E-state index contributed by atoms with van der Waals surface area (Å²) >= 11 is 0. The number of benzene rings is 2. The van der Waals surface area contributed by atoms with E-state index in [4.69, 9.17) is 9.47 Å². The van der Waals surface area contributed by atoms with Crippen LogP contribution >= 0.6 is 0 Å². The van der Waals surface area contributed by atoms with Crippen molar-refractivity contribution >= 4 is 5.91 Å². The molecular formula is C22H28FNO3. The van der Waals surface area contributed by atoms with Gasteiger partial charge in [-0.15, -0.1) is 0 Å². The van der Waals surface area contributed by atoms with E-state index in [0.717, 1.165) is 30.6 Å². The van der Waals surface area contributed by atoms with E-state index < -0.39 is 6.10 Å². The Hall–Kier alpha value is -2.56. The Labute approximate surface area is 160 Å². The highest BCUT2D eigenvalue weighted by molar-refractivity contribution is 5.81. The first-order valence-electron chi connectivity index (χ1n) is 9.54. The van der Waals surface area contributed by atoms with Gasteiger partial charge in [-0.1, -0.05) is 32.0 Å². The van der Waals surface area contributed by atoms with E-state index >= 15 is 0 Å². The van der Waals surface area contributed by atoms with E-state index in [0.29, 0.717) is 25.3 Å². The first-order valence-corrected chi connectivity index (χ1v) is 9.54. The van der Waals surface area contributed by atoms with Crippen LogP contribution in [0.15, 0.2) is 48.5 Å². The minimum atomic E-state index is -0.587. The number of amides is 1. The van der Waals surface area contributed by atoms with Gasteiger partial charge in [-0.2, -0.15) is 0 Å². The standard InChI is InChI=1S/C22H28FNO3/c1-3-16-26-21-10-6-5-8-17(21)9-7-15-24-22(25)20(4-2)27-19-13-11-18(23)12-14-19/h5-6,8,10-14,20H,3-4,7,9,15-16H2,1-2H3,(H,24,25). The van der Waals surface area contributed by atoms with Gasteiger partial charge < -0.3 is 14.8 Å². The van der Waals surface area contributed by atoms with Gasteiger partial charge in [0, 0.05) is 6.54 Å². The average Bonchev–Trinajstić information content (AvgIpc) is 2.69. The Morgan fingerprint density at radius 2 is 1.85 bits per heavy atom. The minimum absolute atomic E-state index is 0.155. The molecule has 0 aliphatic carbocycles. The molecule has 1 amide bonds. The van der Waals surface area contributed by atoms with E-state index in [1.165, 1.54) is 24.3 Å². The maximum absolute atomic E-state index is 13.0. The molecule has 2 aromatic rings. The highest BCUT2D eigenvalue weighted by atomic mass is 19.1. The number of nitrogens with one attached hydrogen (secondary N) is 1. The van der Waals surface area contributed by atoms with Crippen LogP contribution in [0.2, 0.25) is 0 Å². The summed E-state index contributed by atoms with van der Waals surface area (Å²) in [6.07, 6.45) is 2.56. The third-order valence-electron chi connectivity index (χ3n) is 4.11. The van der Waals surface area contributed by atoms with Crippen molar-refractivity contribution in [1.29, 1.82) is 0 Å². The first-order chi connectivity index (χ1) is 13.1. The number of para-hydroxylation sites is 1. The molecule has 0 radical (unpaired) electrons. The third kappa shape index (κ3) is 6.93. The predicted molar refractivity (Wildman–Crippen MR) is 105 cm³/mol. The molecule has 0 bridgehead atoms. The van der Waals surface area contributed by atoms with E-state index in [1.54, 1.807) is 0 Å². The van der Waals surface area contributed by atoms with Crippen molar-refractivity contribution in [3.8, 4) is 11.5 Å². The fraction of sp³-hybridized carbons (Fsp3) is 0.409. The van der Waals surface area contributed by atoms with Gasteiger partial charge in [-0.3, -0.25) is 4.79 Å². The van der Waals surface area contributed by atoms with Gasteiger partial charge in [0.25, 0.3) is 5.91 Å². The molecule has 4 nitrogen and oxygen atoms in total. The lowest BCUT2D eigenvalue weighted by Gasteiger charge is -2.17. The van der Waals surface area contributed by atoms with Crippen LogP contribution in [-0.2, 0) is 11.2 Å². The van der Waals surface area contributed by atoms with Gasteiger partial charge >= 0.3 is 0 Å². The molecule has 0 aromatic heterocycles. The third-order valence-corrected chi connectivity index (χ3v) is 4.11. The fourth-order valence-electron chi connectivity index (χ4n) is 2.67. The monoisotopic (exact) mass is 373 g/mol. The SMILES string of the molecule is CCCOc1ccccc1CCCNC(=O)C(CC)Oc1ccc(F)cc1. The Morgan fingerprint density at radius 1 is 1.11 bits per heavy atom. The molecule has 1 atom stereocenters. The summed E-state index contributed by atoms with van der Waals surface area (Å²) in [4.78, 5) is 12.3. The molecule has 0 heterocycles. The van der Waals surface area contributed by atoms with Crippen LogP contribution in [0.1, 0.15) is 38.7 Å². The molecule has 0 fully saturated rings. The summed E-state index contributed by atoms with van der Waals surface area (Å²) in [7, 11) is 0. The smallest absolute Gasteiger partial charge is 0.261 e. The average molecular weight is 373 g/mol. The predicted octanol–water partition coefficient (Wildman–Crippen LogP) is 4.52. The number of aryl methyl sites for hydroxylation is 1. The van der Waals surface area contributed by atoms with E-state index in [9.17, 15) is 9.18 Å². The zero-order chi connectivity index (χ0) is 19.5. The van der Waals surface area contributed by atoms with Crippen molar-refractivity contribution in [2.75, 3.05) is 13.2 Å². The molecule has 0 saturated carbocycles. The Kier molecular flexibility index (Phi) is 8.62. The van der Waals surface area contributed by atoms with Gasteiger partial charge in [0.1, 0.15) is 17.3 Å². The summed E-state index contributed by atoms with van der Waals surface area (Å²) < 4.78 is 24.4. The second-order valence-electron chi connectivity index (χ2n) is 6.32. The molecule has 2 rings (SSSR count). The number of hydrogen-bond acceptors (Lipinski definition) is 3. The second kappa shape index (κ2) is 11.2. The van der Waals surface area contributed by atoms with Gasteiger partial charge in [-0.05, 0) is 61.6 Å². The molecule has 0 spiro atoms. The molecule has 1 unspecified atom stereocenters. The van der Waals surface area contributed by atoms with Crippen LogP contribution in [0.3, 0.4) is 0 Å². The van der Waals surface area contributed by atoms with Crippen molar-refractivity contribution < 1.29 is 18.7 Å². The lowest BCUT2D eigenvalue weighted by Crippen LogP contribution is -2.38. The van der Waals surface area contributed by atoms with Crippen LogP contribution in [-0.4, -0.2) is 25.2 Å². The fourth-order valence-corrected chi connectivity index (χ4v) is 2.67. The van der Waals surface area contributed by atoms with E-state index in [-0.39, 0.29) is 11.7 Å². The summed E-state index contributed by atoms with van der Waals surface area (Å²) in [5, 5.41) is 2.92. The minimum Gasteiger partial charge on any atom is -0.493 e. The van der Waals surface area contributed by atoms with Crippen LogP contribution in [0.25, 0.3) is 0 Å². The molecule has 2 aromatic carbocycles. The maximum atomic E-state index is 13.0. The quantitative estimate of drug-likeness (QED) is 0.589. The van der Waals surface area contributed by atoms with Crippen LogP contribution in [0.5, 0.6) is 11.5 Å². The molecule has 0 saturated heterocycles. The molecule has 146 valence electrons. The molecule has 0 aliphatic rings. The highest BCUT2D eigenvalue weighted by Crippen LogP contribution is 2.19. The summed E-state index contributed by atoms with van der Waals surface area (Å²) in [6.45, 7) is 5.22. The van der Waals surface area contributed by atoms with Gasteiger partial charge in [-0.25, -0.2) is 4.39 Å². The summed E-state index contributed by atoms with van der Waals surface area (Å²) in [5.74, 6) is 0.914. The topological polar surface area (TPSA) is 47.6 Å². The number of halogens is 1. The normalized spacial score (nSPS) is 11.7. The Morgan fingerprint density at radius 3 is 2.56 bits per heavy atom. The van der Waals surface area contributed by atoms with Crippen LogP contribution in [0, 0.1) is 5.82 Å². The number of ether oxygens (including phenoxy) is 2. The van der Waals surface area contributed by atoms with Crippen molar-refractivity contribution in [3.05, 3.63) is 59.9 Å². The van der Waals surface area contributed by atoms with Crippen LogP contribution < -0.4 is 14.8 Å². The summed E-state index contributed by atoms with van der Waals surface area (Å²) in [6, 6.07) is 13.7. The zero-order valence-electron chi connectivity index (χ0n) is 16.0. The van der Waals surface area contributed by atoms with Crippen molar-refractivity contribution in [2.45, 2.75) is 45.6 Å². The van der Waals surface area contributed by atoms with Crippen molar-refractivity contribution in [3.63, 3.8) is 0 Å². The highest BCUT2D eigenvalue weighted by Gasteiger charge is 2.17. The lowest BCUT2D eigenvalue weighted by molar-refractivity contribution is -0.128. The van der Waals surface area contributed by atoms with Gasteiger partial charge in [0.2, 0.25) is 0 Å². The van der Waals surface area contributed by atoms with Gasteiger partial charge in [0.15, 0.2) is 6.10 Å². The number of carbonyl (C=O) groups is 1. The number of carbonyl (C=O) groups excluding carboxylic acids is 1. The number of hydrogen-bond donors (Lipinski definition) is 1. The van der Waals surface area contributed by atoms with Crippen LogP contribution in [0.4, 0.5) is 4.39 Å². The molecule has 1 N–H and O–H groups in total. The Bertz CT molecular complexity index is 703. The summed E-state index contributed by atoms with van der Waals surface area (Å²) in [5.41, 5.74) is 1.15. The first kappa shape index (κ1) is 20.7. The lowest BCUT2D eigenvalue weighted by atomic mass is 10.1. The zero-order valence-corrected chi connectivity index (χ0v) is 16.0. The van der Waals surface area contributed by atoms with E-state index in [1.807, 2.05) is 25.1 Å². The Balaban J connectivity index is 1.78. The molecule has 27 heavy (non-hydrogen) atoms. The molecular weight excluding hydrogens is 345 g/mol. The maximum Gasteiger partial charge on any atom is 0.261 e. The molecule has 5 heteroatoms. The largest absolute Gasteiger partial charge is 0.493 e. The van der Waals surface area contributed by atoms with Crippen molar-refractivity contribution in [2.24, 2.45) is 0 Å². The van der Waals surface area contributed by atoms with Gasteiger partial charge in [0.05, 0.1) is 6.61 Å². The number of rotatable bonds is 11. The van der Waals surface area contributed by atoms with E-state index in [2.05, 4.69) is 18.3 Å².